The van der Waals surface area contributed by atoms with Crippen molar-refractivity contribution in [3.8, 4) is 0 Å². The van der Waals surface area contributed by atoms with Gasteiger partial charge in [-0.3, -0.25) is 0 Å². The molecular weight excluding hydrogens is 198 g/mol. The van der Waals surface area contributed by atoms with E-state index in [2.05, 4.69) is 25.7 Å². The van der Waals surface area contributed by atoms with Crippen LogP contribution in [-0.2, 0) is 4.74 Å². The van der Waals surface area contributed by atoms with Crippen LogP contribution in [-0.4, -0.2) is 25.3 Å². The molecule has 1 aliphatic rings. The summed E-state index contributed by atoms with van der Waals surface area (Å²) in [7, 11) is 1.86. The number of hydrogen-bond acceptors (Lipinski definition) is 2. The Morgan fingerprint density at radius 2 is 2.12 bits per heavy atom. The van der Waals surface area contributed by atoms with Crippen molar-refractivity contribution in [3.63, 3.8) is 0 Å². The number of methoxy groups -OCH3 is 1. The molecule has 1 fully saturated rings. The summed E-state index contributed by atoms with van der Waals surface area (Å²) in [4.78, 5) is 0. The minimum absolute atomic E-state index is 0.0384. The molecule has 0 aromatic carbocycles. The number of ether oxygens (including phenoxy) is 1. The standard InChI is InChI=1S/C14H27NO/c1-5-7-13(15-6-2)14(16-4)10-8-12(3)9-11-14/h5,12-13,15H,1,6-11H2,2-4H3. The number of nitrogens with one attached hydrogen (secondary N) is 1. The van der Waals surface area contributed by atoms with Crippen molar-refractivity contribution in [2.45, 2.75) is 57.6 Å². The van der Waals surface area contributed by atoms with Gasteiger partial charge in [-0.05, 0) is 44.6 Å². The van der Waals surface area contributed by atoms with Crippen LogP contribution in [0.5, 0.6) is 0 Å². The lowest BCUT2D eigenvalue weighted by molar-refractivity contribution is -0.0736. The van der Waals surface area contributed by atoms with E-state index < -0.39 is 0 Å². The maximum atomic E-state index is 5.88. The van der Waals surface area contributed by atoms with Crippen molar-refractivity contribution in [2.24, 2.45) is 5.92 Å². The first-order valence-electron chi connectivity index (χ1n) is 6.58. The Hall–Kier alpha value is -0.340. The maximum absolute atomic E-state index is 5.88. The molecule has 1 N–H and O–H groups in total. The largest absolute Gasteiger partial charge is 0.377 e. The molecule has 2 heteroatoms. The van der Waals surface area contributed by atoms with Gasteiger partial charge in [0.2, 0.25) is 0 Å². The highest BCUT2D eigenvalue weighted by atomic mass is 16.5. The summed E-state index contributed by atoms with van der Waals surface area (Å²) >= 11 is 0. The van der Waals surface area contributed by atoms with E-state index >= 15 is 0 Å². The predicted octanol–water partition coefficient (Wildman–Crippen LogP) is 3.14. The van der Waals surface area contributed by atoms with Gasteiger partial charge in [0.15, 0.2) is 0 Å². The molecule has 16 heavy (non-hydrogen) atoms. The van der Waals surface area contributed by atoms with Gasteiger partial charge in [-0.2, -0.15) is 0 Å². The van der Waals surface area contributed by atoms with Gasteiger partial charge in [0.05, 0.1) is 5.60 Å². The highest BCUT2D eigenvalue weighted by Crippen LogP contribution is 2.37. The SMILES string of the molecule is C=CCC(NCC)C1(OC)CCC(C)CC1. The number of rotatable bonds is 6. The van der Waals surface area contributed by atoms with Crippen molar-refractivity contribution in [1.82, 2.24) is 5.32 Å². The average Bonchev–Trinajstić information content (AvgIpc) is 2.31. The molecular formula is C14H27NO. The second-order valence-corrected chi connectivity index (χ2v) is 5.09. The van der Waals surface area contributed by atoms with Crippen LogP contribution >= 0.6 is 0 Å². The molecule has 94 valence electrons. The average molecular weight is 225 g/mol. The fourth-order valence-electron chi connectivity index (χ4n) is 2.84. The molecule has 0 heterocycles. The van der Waals surface area contributed by atoms with E-state index in [1.54, 1.807) is 0 Å². The van der Waals surface area contributed by atoms with E-state index in [4.69, 9.17) is 4.74 Å². The normalized spacial score (nSPS) is 32.3. The molecule has 0 saturated heterocycles. The smallest absolute Gasteiger partial charge is 0.0834 e. The van der Waals surface area contributed by atoms with Crippen molar-refractivity contribution < 1.29 is 4.74 Å². The van der Waals surface area contributed by atoms with Crippen molar-refractivity contribution in [2.75, 3.05) is 13.7 Å². The minimum Gasteiger partial charge on any atom is -0.377 e. The second-order valence-electron chi connectivity index (χ2n) is 5.09. The molecule has 0 radical (unpaired) electrons. The molecule has 1 unspecified atom stereocenters. The predicted molar refractivity (Wildman–Crippen MR) is 69.7 cm³/mol. The molecule has 0 aromatic rings. The molecule has 0 spiro atoms. The van der Waals surface area contributed by atoms with Gasteiger partial charge in [-0.1, -0.05) is 19.9 Å². The molecule has 0 bridgehead atoms. The summed E-state index contributed by atoms with van der Waals surface area (Å²) in [6.45, 7) is 9.36. The molecule has 2 nitrogen and oxygen atoms in total. The first-order valence-corrected chi connectivity index (χ1v) is 6.58. The molecule has 0 aliphatic heterocycles. The van der Waals surface area contributed by atoms with Crippen LogP contribution in [0.4, 0.5) is 0 Å². The lowest BCUT2D eigenvalue weighted by Gasteiger charge is -2.44. The Balaban J connectivity index is 2.70. The van der Waals surface area contributed by atoms with Gasteiger partial charge in [0.1, 0.15) is 0 Å². The molecule has 1 saturated carbocycles. The zero-order chi connectivity index (χ0) is 12.0. The highest BCUT2D eigenvalue weighted by Gasteiger charge is 2.40. The summed E-state index contributed by atoms with van der Waals surface area (Å²) in [5.41, 5.74) is 0.0384. The van der Waals surface area contributed by atoms with Crippen LogP contribution in [0, 0.1) is 5.92 Å². The van der Waals surface area contributed by atoms with E-state index in [0.29, 0.717) is 6.04 Å². The molecule has 0 aromatic heterocycles. The zero-order valence-corrected chi connectivity index (χ0v) is 11.1. The first kappa shape index (κ1) is 13.7. The lowest BCUT2D eigenvalue weighted by atomic mass is 9.74. The van der Waals surface area contributed by atoms with Crippen LogP contribution < -0.4 is 5.32 Å². The van der Waals surface area contributed by atoms with Gasteiger partial charge in [-0.15, -0.1) is 6.58 Å². The molecule has 1 rings (SSSR count). The fourth-order valence-corrected chi connectivity index (χ4v) is 2.84. The van der Waals surface area contributed by atoms with Gasteiger partial charge in [0.25, 0.3) is 0 Å². The maximum Gasteiger partial charge on any atom is 0.0834 e. The second kappa shape index (κ2) is 6.41. The fraction of sp³-hybridized carbons (Fsp3) is 0.857. The number of likely N-dealkylation sites (N-methyl/N-ethyl adjacent to an activating group) is 1. The first-order chi connectivity index (χ1) is 7.68. The van der Waals surface area contributed by atoms with Gasteiger partial charge < -0.3 is 10.1 Å². The highest BCUT2D eigenvalue weighted by molar-refractivity contribution is 4.98. The van der Waals surface area contributed by atoms with Crippen LogP contribution in [0.3, 0.4) is 0 Å². The number of hydrogen-bond donors (Lipinski definition) is 1. The van der Waals surface area contributed by atoms with E-state index in [1.807, 2.05) is 13.2 Å². The van der Waals surface area contributed by atoms with Gasteiger partial charge in [-0.25, -0.2) is 0 Å². The summed E-state index contributed by atoms with van der Waals surface area (Å²) in [5, 5.41) is 3.56. The summed E-state index contributed by atoms with van der Waals surface area (Å²) < 4.78 is 5.88. The lowest BCUT2D eigenvalue weighted by Crippen LogP contribution is -2.53. The Bertz CT molecular complexity index is 207. The van der Waals surface area contributed by atoms with Crippen molar-refractivity contribution in [3.05, 3.63) is 12.7 Å². The van der Waals surface area contributed by atoms with E-state index in [1.165, 1.54) is 25.7 Å². The topological polar surface area (TPSA) is 21.3 Å². The van der Waals surface area contributed by atoms with E-state index in [0.717, 1.165) is 18.9 Å². The monoisotopic (exact) mass is 225 g/mol. The van der Waals surface area contributed by atoms with Crippen LogP contribution in [0.25, 0.3) is 0 Å². The van der Waals surface area contributed by atoms with Crippen molar-refractivity contribution in [1.29, 1.82) is 0 Å². The zero-order valence-electron chi connectivity index (χ0n) is 11.1. The quantitative estimate of drug-likeness (QED) is 0.701. The third kappa shape index (κ3) is 3.08. The van der Waals surface area contributed by atoms with Crippen LogP contribution in [0.15, 0.2) is 12.7 Å². The van der Waals surface area contributed by atoms with E-state index in [9.17, 15) is 0 Å². The Labute approximate surface area is 100 Å². The molecule has 1 aliphatic carbocycles. The van der Waals surface area contributed by atoms with Crippen LogP contribution in [0.1, 0.15) is 46.0 Å². The Morgan fingerprint density at radius 1 is 1.50 bits per heavy atom. The summed E-state index contributed by atoms with van der Waals surface area (Å²) in [6.07, 6.45) is 7.92. The Kier molecular flexibility index (Phi) is 5.50. The van der Waals surface area contributed by atoms with Gasteiger partial charge in [0, 0.05) is 13.2 Å². The van der Waals surface area contributed by atoms with Gasteiger partial charge >= 0.3 is 0 Å². The van der Waals surface area contributed by atoms with E-state index in [-0.39, 0.29) is 5.60 Å². The molecule has 1 atom stereocenters. The molecule has 0 amide bonds. The van der Waals surface area contributed by atoms with Crippen molar-refractivity contribution >= 4 is 0 Å². The third-order valence-electron chi connectivity index (χ3n) is 4.02. The summed E-state index contributed by atoms with van der Waals surface area (Å²) in [5.74, 6) is 0.856. The minimum atomic E-state index is 0.0384. The Morgan fingerprint density at radius 3 is 2.56 bits per heavy atom. The third-order valence-corrected chi connectivity index (χ3v) is 4.02. The summed E-state index contributed by atoms with van der Waals surface area (Å²) in [6, 6.07) is 0.424. The van der Waals surface area contributed by atoms with Crippen LogP contribution in [0.2, 0.25) is 0 Å².